The number of rotatable bonds is 5. The van der Waals surface area contributed by atoms with Gasteiger partial charge in [-0.05, 0) is 25.0 Å². The highest BCUT2D eigenvalue weighted by Crippen LogP contribution is 2.35. The lowest BCUT2D eigenvalue weighted by molar-refractivity contribution is -0.156. The predicted molar refractivity (Wildman–Crippen MR) is 72.5 cm³/mol. The third-order valence-electron chi connectivity index (χ3n) is 3.39. The van der Waals surface area contributed by atoms with E-state index in [1.54, 1.807) is 6.92 Å². The number of aliphatic hydroxyl groups is 1. The Balaban J connectivity index is 3.00. The smallest absolute Gasteiger partial charge is 0.396 e. The molecule has 23 heavy (non-hydrogen) atoms. The first-order chi connectivity index (χ1) is 10.6. The van der Waals surface area contributed by atoms with Gasteiger partial charge in [0.15, 0.2) is 6.04 Å². The molecule has 0 heterocycles. The van der Waals surface area contributed by atoms with Crippen LogP contribution in [-0.4, -0.2) is 30.0 Å². The van der Waals surface area contributed by atoms with Crippen molar-refractivity contribution in [2.45, 2.75) is 32.1 Å². The Kier molecular flexibility index (Phi) is 6.31. The third-order valence-corrected chi connectivity index (χ3v) is 3.39. The van der Waals surface area contributed by atoms with E-state index in [1.807, 2.05) is 0 Å². The van der Waals surface area contributed by atoms with Crippen LogP contribution >= 0.6 is 0 Å². The molecule has 0 unspecified atom stereocenters. The van der Waals surface area contributed by atoms with Gasteiger partial charge in [-0.2, -0.15) is 13.2 Å². The first kappa shape index (κ1) is 19.1. The number of carbonyl (C=O) groups excluding carboxylic acids is 1. The number of hydrogen-bond acceptors (Lipinski definition) is 2. The van der Waals surface area contributed by atoms with E-state index in [2.05, 4.69) is 5.32 Å². The van der Waals surface area contributed by atoms with E-state index in [1.165, 1.54) is 12.2 Å². The van der Waals surface area contributed by atoms with E-state index in [0.29, 0.717) is 12.1 Å². The number of urea groups is 1. The van der Waals surface area contributed by atoms with Crippen LogP contribution in [0.1, 0.15) is 25.5 Å². The lowest BCUT2D eigenvalue weighted by Gasteiger charge is -2.25. The number of nitrogens with one attached hydrogen (secondary N) is 2. The fourth-order valence-corrected chi connectivity index (χ4v) is 1.78. The molecule has 0 aliphatic carbocycles. The van der Waals surface area contributed by atoms with Crippen molar-refractivity contribution in [2.24, 2.45) is 5.92 Å². The monoisotopic (exact) mass is 340 g/mol. The number of carbonyl (C=O) groups is 1. The van der Waals surface area contributed by atoms with Gasteiger partial charge in [-0.1, -0.05) is 13.0 Å². The van der Waals surface area contributed by atoms with Crippen LogP contribution in [0, 0.1) is 17.6 Å². The second-order valence-electron chi connectivity index (χ2n) is 5.18. The van der Waals surface area contributed by atoms with Crippen molar-refractivity contribution in [3.8, 4) is 0 Å². The molecule has 1 rings (SSSR count). The van der Waals surface area contributed by atoms with Gasteiger partial charge in [-0.25, -0.2) is 13.6 Å². The number of aliphatic hydroxyl groups excluding tert-OH is 1. The quantitative estimate of drug-likeness (QED) is 0.722. The molecule has 0 aliphatic rings. The van der Waals surface area contributed by atoms with Gasteiger partial charge in [0.2, 0.25) is 0 Å². The van der Waals surface area contributed by atoms with Gasteiger partial charge in [0, 0.05) is 12.6 Å². The molecule has 0 fully saturated rings. The number of alkyl halides is 3. The molecule has 130 valence electrons. The highest BCUT2D eigenvalue weighted by Gasteiger charge is 2.45. The molecule has 0 bridgehead atoms. The van der Waals surface area contributed by atoms with E-state index >= 15 is 0 Å². The number of benzene rings is 1. The molecule has 0 saturated carbocycles. The highest BCUT2D eigenvalue weighted by molar-refractivity contribution is 5.75. The Morgan fingerprint density at radius 2 is 1.70 bits per heavy atom. The van der Waals surface area contributed by atoms with E-state index in [0.717, 1.165) is 6.07 Å². The molecule has 0 saturated heterocycles. The molecule has 3 N–H and O–H groups in total. The highest BCUT2D eigenvalue weighted by atomic mass is 19.4. The van der Waals surface area contributed by atoms with Gasteiger partial charge in [-0.15, -0.1) is 0 Å². The number of amides is 2. The zero-order valence-electron chi connectivity index (χ0n) is 12.4. The van der Waals surface area contributed by atoms with Crippen molar-refractivity contribution in [2.75, 3.05) is 6.61 Å². The van der Waals surface area contributed by atoms with E-state index in [9.17, 15) is 26.7 Å². The van der Waals surface area contributed by atoms with Crippen molar-refractivity contribution in [1.82, 2.24) is 10.6 Å². The van der Waals surface area contributed by atoms with Gasteiger partial charge < -0.3 is 15.7 Å². The average Bonchev–Trinajstić information content (AvgIpc) is 2.43. The fraction of sp³-hybridized carbons (Fsp3) is 0.500. The van der Waals surface area contributed by atoms with E-state index < -0.39 is 47.4 Å². The summed E-state index contributed by atoms with van der Waals surface area (Å²) in [6, 6.07) is -2.45. The van der Waals surface area contributed by atoms with Crippen LogP contribution in [0.5, 0.6) is 0 Å². The maximum Gasteiger partial charge on any atom is 0.413 e. The average molecular weight is 340 g/mol. The SMILES string of the molecule is C[C@H](CO)[C@H](C)NC(=O)N[C@@H](c1c(F)cccc1F)C(F)(F)F. The maximum atomic E-state index is 13.6. The van der Waals surface area contributed by atoms with Crippen molar-refractivity contribution in [3.05, 3.63) is 35.4 Å². The predicted octanol–water partition coefficient (Wildman–Crippen LogP) is 2.88. The Morgan fingerprint density at radius 1 is 1.17 bits per heavy atom. The standard InChI is InChI=1S/C14H17F5N2O2/c1-7(6-22)8(2)20-13(23)21-12(14(17,18)19)11-9(15)4-3-5-10(11)16/h3-5,7-8,12,22H,6H2,1-2H3,(H2,20,21,23)/t7-,8+,12+/m1/s1. The summed E-state index contributed by atoms with van der Waals surface area (Å²) in [5.74, 6) is -3.23. The van der Waals surface area contributed by atoms with Crippen LogP contribution in [0.25, 0.3) is 0 Å². The summed E-state index contributed by atoms with van der Waals surface area (Å²) in [4.78, 5) is 11.7. The number of halogens is 5. The van der Waals surface area contributed by atoms with Gasteiger partial charge in [0.1, 0.15) is 11.6 Å². The van der Waals surface area contributed by atoms with E-state index in [4.69, 9.17) is 5.11 Å². The van der Waals surface area contributed by atoms with Crippen molar-refractivity contribution >= 4 is 6.03 Å². The zero-order chi connectivity index (χ0) is 17.8. The molecular formula is C14H17F5N2O2. The minimum Gasteiger partial charge on any atom is -0.396 e. The van der Waals surface area contributed by atoms with Gasteiger partial charge in [0.05, 0.1) is 5.56 Å². The molecule has 0 aliphatic heterocycles. The van der Waals surface area contributed by atoms with Crippen molar-refractivity contribution in [3.63, 3.8) is 0 Å². The minimum absolute atomic E-state index is 0.286. The van der Waals surface area contributed by atoms with Crippen LogP contribution in [-0.2, 0) is 0 Å². The summed E-state index contributed by atoms with van der Waals surface area (Å²) in [5.41, 5.74) is -1.28. The lowest BCUT2D eigenvalue weighted by atomic mass is 10.0. The molecule has 0 aromatic heterocycles. The molecule has 0 spiro atoms. The number of hydrogen-bond donors (Lipinski definition) is 3. The molecule has 4 nitrogen and oxygen atoms in total. The van der Waals surface area contributed by atoms with Crippen LogP contribution in [0.15, 0.2) is 18.2 Å². The Morgan fingerprint density at radius 3 is 2.13 bits per heavy atom. The Bertz CT molecular complexity index is 530. The zero-order valence-corrected chi connectivity index (χ0v) is 12.4. The lowest BCUT2D eigenvalue weighted by Crippen LogP contribution is -2.48. The Hall–Kier alpha value is -1.90. The molecule has 0 radical (unpaired) electrons. The second-order valence-corrected chi connectivity index (χ2v) is 5.18. The summed E-state index contributed by atoms with van der Waals surface area (Å²) in [6.07, 6.45) is -5.09. The largest absolute Gasteiger partial charge is 0.413 e. The van der Waals surface area contributed by atoms with Crippen molar-refractivity contribution in [1.29, 1.82) is 0 Å². The van der Waals surface area contributed by atoms with Gasteiger partial charge in [0.25, 0.3) is 0 Å². The molecular weight excluding hydrogens is 323 g/mol. The topological polar surface area (TPSA) is 61.4 Å². The van der Waals surface area contributed by atoms with Crippen LogP contribution in [0.3, 0.4) is 0 Å². The van der Waals surface area contributed by atoms with Crippen molar-refractivity contribution < 1.29 is 31.9 Å². The first-order valence-electron chi connectivity index (χ1n) is 6.76. The summed E-state index contributed by atoms with van der Waals surface area (Å²) in [7, 11) is 0. The second kappa shape index (κ2) is 7.58. The van der Waals surface area contributed by atoms with Crippen LogP contribution < -0.4 is 10.6 Å². The molecule has 1 aromatic rings. The maximum absolute atomic E-state index is 13.6. The summed E-state index contributed by atoms with van der Waals surface area (Å²) in [6.45, 7) is 2.77. The molecule has 1 aromatic carbocycles. The molecule has 2 amide bonds. The van der Waals surface area contributed by atoms with Crippen LogP contribution in [0.2, 0.25) is 0 Å². The Labute approximate surface area is 129 Å². The van der Waals surface area contributed by atoms with Gasteiger partial charge in [-0.3, -0.25) is 0 Å². The first-order valence-corrected chi connectivity index (χ1v) is 6.76. The summed E-state index contributed by atoms with van der Waals surface area (Å²) < 4.78 is 66.4. The normalized spacial score (nSPS) is 15.7. The van der Waals surface area contributed by atoms with Crippen LogP contribution in [0.4, 0.5) is 26.7 Å². The fourth-order valence-electron chi connectivity index (χ4n) is 1.78. The third kappa shape index (κ3) is 5.05. The molecule has 3 atom stereocenters. The van der Waals surface area contributed by atoms with E-state index in [-0.39, 0.29) is 6.61 Å². The minimum atomic E-state index is -5.09. The van der Waals surface area contributed by atoms with Gasteiger partial charge >= 0.3 is 12.2 Å². The molecule has 9 heteroatoms. The summed E-state index contributed by atoms with van der Waals surface area (Å²) in [5, 5.41) is 12.6. The summed E-state index contributed by atoms with van der Waals surface area (Å²) >= 11 is 0.